The highest BCUT2D eigenvalue weighted by molar-refractivity contribution is 5.81. The van der Waals surface area contributed by atoms with E-state index in [1.165, 1.54) is 4.68 Å². The molecule has 4 heterocycles. The highest BCUT2D eigenvalue weighted by Gasteiger charge is 2.25. The van der Waals surface area contributed by atoms with Gasteiger partial charge in [-0.1, -0.05) is 71.0 Å². The first-order chi connectivity index (χ1) is 56.9. The van der Waals surface area contributed by atoms with Gasteiger partial charge in [-0.3, -0.25) is 28.8 Å². The molecule has 1 aliphatic heterocycles. The van der Waals surface area contributed by atoms with Crippen LogP contribution in [0, 0.1) is 23.7 Å². The Morgan fingerprint density at radius 3 is 1.22 bits per heavy atom. The number of carbonyl (C=O) groups excluding carboxylic acids is 6. The molecule has 0 spiro atoms. The van der Waals surface area contributed by atoms with Gasteiger partial charge in [-0.25, -0.2) is 14.0 Å². The Bertz CT molecular complexity index is 2930. The van der Waals surface area contributed by atoms with Gasteiger partial charge in [0.1, 0.15) is 57.6 Å². The molecule has 1 aliphatic rings. The van der Waals surface area contributed by atoms with Crippen molar-refractivity contribution >= 4 is 35.2 Å². The molecule has 0 unspecified atom stereocenters. The normalized spacial score (nSPS) is 13.4. The van der Waals surface area contributed by atoms with Crippen molar-refractivity contribution in [2.45, 2.75) is 286 Å². The van der Waals surface area contributed by atoms with Crippen molar-refractivity contribution in [3.05, 3.63) is 35.7 Å². The van der Waals surface area contributed by atoms with E-state index in [1.54, 1.807) is 28.0 Å². The SMILES string of the molecule is CC(C)CC(=O)Cn1cc(COC[C@H]2C[C@@H](OC(C)C)CCO2)nn1.CC(C)CNC(=O)COCCOCCOC(C)C.CC(C)COCNC(=O)COCCOCCOC(C)C.CC(C)NC(=O)Cn1cc(CCOC(C)C)nn1.CC(C)NC(=O)Cn1cc(COCCOCCOC(C)C)nn1.CC(C)OCCOCCOCC(=O)C(C)C. The Hall–Kier alpha value is -6.04. The number of nitrogens with one attached hydrogen (secondary N) is 4. The van der Waals surface area contributed by atoms with E-state index in [1.807, 2.05) is 138 Å². The highest BCUT2D eigenvalue weighted by atomic mass is 16.6. The van der Waals surface area contributed by atoms with Gasteiger partial charge >= 0.3 is 0 Å². The van der Waals surface area contributed by atoms with Gasteiger partial charge in [-0.2, -0.15) is 0 Å². The first-order valence-corrected chi connectivity index (χ1v) is 42.9. The molecule has 3 aromatic heterocycles. The van der Waals surface area contributed by atoms with Gasteiger partial charge in [0.2, 0.25) is 23.6 Å². The molecule has 4 amide bonds. The van der Waals surface area contributed by atoms with Crippen LogP contribution in [-0.4, -0.2) is 306 Å². The predicted octanol–water partition coefficient (Wildman–Crippen LogP) is 7.99. The van der Waals surface area contributed by atoms with Gasteiger partial charge in [-0.05, 0) is 135 Å². The molecular formula is C84H161N13O23. The van der Waals surface area contributed by atoms with E-state index in [-0.39, 0.29) is 148 Å². The zero-order valence-electron chi connectivity index (χ0n) is 77.8. The quantitative estimate of drug-likeness (QED) is 0.0307. The molecule has 0 aliphatic carbocycles. The number of hydrogen-bond donors (Lipinski definition) is 4. The van der Waals surface area contributed by atoms with E-state index in [0.717, 1.165) is 24.2 Å². The Morgan fingerprint density at radius 2 is 0.800 bits per heavy atom. The average Bonchev–Trinajstić information content (AvgIpc) is 1.61. The van der Waals surface area contributed by atoms with Gasteiger partial charge in [0, 0.05) is 56.6 Å². The monoisotopic (exact) mass is 1720 g/mol. The van der Waals surface area contributed by atoms with Crippen molar-refractivity contribution in [1.29, 1.82) is 0 Å². The lowest BCUT2D eigenvalue weighted by atomic mass is 10.1. The summed E-state index contributed by atoms with van der Waals surface area (Å²) < 4.78 is 96.0. The molecule has 4 rings (SSSR count). The number of nitrogens with zero attached hydrogens (tertiary/aromatic N) is 9. The second-order valence-electron chi connectivity index (χ2n) is 32.0. The molecular weight excluding hydrogens is 1560 g/mol. The van der Waals surface area contributed by atoms with Gasteiger partial charge in [0.25, 0.3) is 0 Å². The second-order valence-corrected chi connectivity index (χ2v) is 32.0. The van der Waals surface area contributed by atoms with E-state index >= 15 is 0 Å². The second kappa shape index (κ2) is 76.6. The highest BCUT2D eigenvalue weighted by Crippen LogP contribution is 2.19. The van der Waals surface area contributed by atoms with Crippen molar-refractivity contribution in [3.8, 4) is 0 Å². The zero-order chi connectivity index (χ0) is 90.3. The first-order valence-electron chi connectivity index (χ1n) is 42.9. The average molecular weight is 1720 g/mol. The van der Waals surface area contributed by atoms with Gasteiger partial charge < -0.3 is 102 Å². The Morgan fingerprint density at radius 1 is 0.408 bits per heavy atom. The molecule has 1 saturated heterocycles. The van der Waals surface area contributed by atoms with Crippen molar-refractivity contribution < 1.29 is 109 Å². The lowest BCUT2D eigenvalue weighted by Gasteiger charge is -2.30. The third-order valence-corrected chi connectivity index (χ3v) is 14.7. The molecule has 4 N–H and O–H groups in total. The number of amides is 4. The third kappa shape index (κ3) is 80.4. The summed E-state index contributed by atoms with van der Waals surface area (Å²) in [4.78, 5) is 68.7. The fraction of sp³-hybridized carbons (Fsp3) is 0.857. The van der Waals surface area contributed by atoms with Crippen LogP contribution < -0.4 is 21.3 Å². The van der Waals surface area contributed by atoms with Crippen molar-refractivity contribution in [2.24, 2.45) is 23.7 Å². The van der Waals surface area contributed by atoms with E-state index < -0.39 is 0 Å². The zero-order valence-corrected chi connectivity index (χ0v) is 77.8. The van der Waals surface area contributed by atoms with Gasteiger partial charge in [-0.15, -0.1) is 15.3 Å². The molecule has 0 aromatic carbocycles. The maximum Gasteiger partial charge on any atom is 0.247 e. The van der Waals surface area contributed by atoms with Crippen LogP contribution in [0.1, 0.15) is 203 Å². The molecule has 120 heavy (non-hydrogen) atoms. The number of ketones is 2. The van der Waals surface area contributed by atoms with Crippen molar-refractivity contribution in [3.63, 3.8) is 0 Å². The molecule has 3 aromatic rings. The number of carbonyl (C=O) groups is 6. The third-order valence-electron chi connectivity index (χ3n) is 14.7. The molecule has 0 radical (unpaired) electrons. The number of rotatable bonds is 63. The molecule has 36 heteroatoms. The Kier molecular flexibility index (Phi) is 74.0. The maximum atomic E-state index is 11.8. The summed E-state index contributed by atoms with van der Waals surface area (Å²) >= 11 is 0. The fourth-order valence-corrected chi connectivity index (χ4v) is 9.33. The predicted molar refractivity (Wildman–Crippen MR) is 456 cm³/mol. The van der Waals surface area contributed by atoms with E-state index in [4.69, 9.17) is 80.5 Å². The molecule has 36 nitrogen and oxygen atoms in total. The summed E-state index contributed by atoms with van der Waals surface area (Å²) in [7, 11) is 0. The summed E-state index contributed by atoms with van der Waals surface area (Å²) in [6.07, 6.45) is 9.99. The first kappa shape index (κ1) is 116. The van der Waals surface area contributed by atoms with E-state index in [9.17, 15) is 28.8 Å². The fourth-order valence-electron chi connectivity index (χ4n) is 9.33. The molecule has 0 saturated carbocycles. The van der Waals surface area contributed by atoms with E-state index in [0.29, 0.717) is 188 Å². The minimum absolute atomic E-state index is 0.0247. The largest absolute Gasteiger partial charge is 0.378 e. The van der Waals surface area contributed by atoms with Crippen LogP contribution in [0.25, 0.3) is 0 Å². The summed E-state index contributed by atoms with van der Waals surface area (Å²) in [5, 5.41) is 34.8. The van der Waals surface area contributed by atoms with Crippen LogP contribution in [0.2, 0.25) is 0 Å². The van der Waals surface area contributed by atoms with Crippen LogP contribution in [0.4, 0.5) is 0 Å². The smallest absolute Gasteiger partial charge is 0.247 e. The summed E-state index contributed by atoms with van der Waals surface area (Å²) in [6, 6.07) is 0.250. The van der Waals surface area contributed by atoms with Crippen molar-refractivity contribution in [2.75, 3.05) is 165 Å². The van der Waals surface area contributed by atoms with Crippen molar-refractivity contribution in [1.82, 2.24) is 66.2 Å². The Balaban J connectivity index is 0. The summed E-state index contributed by atoms with van der Waals surface area (Å²) in [5.41, 5.74) is 2.25. The van der Waals surface area contributed by atoms with Crippen LogP contribution in [0.3, 0.4) is 0 Å². The number of hydrogen-bond acceptors (Lipinski definition) is 29. The molecule has 700 valence electrons. The van der Waals surface area contributed by atoms with Crippen LogP contribution in [-0.2, 0) is 149 Å². The standard InChI is InChI=1S/C18H31N3O4.C15H28N4O4.C14H29NO5.C13H27NO4.C12H22N4O2.C12H24O4/c1-13(2)7-16(22)10-21-9-15(19-20-21)11-23-12-18-8-17(5-6-24-18)25-14(3)4;1-12(2)16-15(20)10-19-9-14(17-18-19)11-22-6-5-21-7-8-23-13(3)4;1-12(2)9-19-11-15-14(16)10-18-6-5-17-7-8-20-13(3)4;1-11(2)9-14-13(15)10-17-6-5-16-7-8-18-12(3)4;1-9(2)13-12(17)8-16-7-11(14-15-16)5-6-18-10(3)4;1-10(2)12(13)9-15-6-5-14-7-8-16-11(3)4/h9,13-14,17-18H,5-8,10-12H2,1-4H3;9,12-13H,5-8,10-11H2,1-4H3,(H,16,20);12-13H,5-11H2,1-4H3,(H,15,16);11-12H,5-10H2,1-4H3,(H,14,15);7,9-10H,5-6,8H2,1-4H3,(H,13,17);10-11H,5-9H2,1-4H3/t17-,18+;;;;;/m0...../s1. The number of Topliss-reactive ketones (excluding diaryl/α,β-unsaturated/α-hetero) is 2. The van der Waals surface area contributed by atoms with Crippen LogP contribution in [0.15, 0.2) is 18.6 Å². The topological polar surface area (TPSA) is 400 Å². The minimum atomic E-state index is -0.183. The van der Waals surface area contributed by atoms with E-state index in [2.05, 4.69) is 79.9 Å². The lowest BCUT2D eigenvalue weighted by molar-refractivity contribution is -0.128. The minimum Gasteiger partial charge on any atom is -0.378 e. The lowest BCUT2D eigenvalue weighted by Crippen LogP contribution is -2.35. The molecule has 2 atom stereocenters. The van der Waals surface area contributed by atoms with Crippen LogP contribution >= 0.6 is 0 Å². The Labute approximate surface area is 718 Å². The maximum absolute atomic E-state index is 11.8. The van der Waals surface area contributed by atoms with Crippen LogP contribution in [0.5, 0.6) is 0 Å². The van der Waals surface area contributed by atoms with Gasteiger partial charge in [0.05, 0.1) is 206 Å². The van der Waals surface area contributed by atoms with Gasteiger partial charge in [0.15, 0.2) is 11.6 Å². The molecule has 0 bridgehead atoms. The summed E-state index contributed by atoms with van der Waals surface area (Å²) in [6.45, 7) is 61.0. The summed E-state index contributed by atoms with van der Waals surface area (Å²) in [5.74, 6) is 1.21. The molecule has 1 fully saturated rings. The number of ether oxygens (including phenoxy) is 17. The number of aromatic nitrogens is 9.